The lowest BCUT2D eigenvalue weighted by Gasteiger charge is -2.31. The monoisotopic (exact) mass is 494 g/mol. The molecule has 3 aromatic carbocycles. The van der Waals surface area contributed by atoms with Crippen molar-refractivity contribution in [3.63, 3.8) is 0 Å². The molecule has 1 aromatic heterocycles. The van der Waals surface area contributed by atoms with Gasteiger partial charge >= 0.3 is 6.01 Å². The number of aromatic nitrogens is 2. The van der Waals surface area contributed by atoms with E-state index in [2.05, 4.69) is 72.3 Å². The number of hydrogen-bond donors (Lipinski definition) is 0. The zero-order valence-electron chi connectivity index (χ0n) is 21.7. The van der Waals surface area contributed by atoms with Gasteiger partial charge in [-0.3, -0.25) is 0 Å². The van der Waals surface area contributed by atoms with E-state index in [-0.39, 0.29) is 0 Å². The number of aryl methyl sites for hydroxylation is 1. The highest BCUT2D eigenvalue weighted by atomic mass is 16.5. The molecule has 0 saturated carbocycles. The topological polar surface area (TPSA) is 50.7 Å². The molecule has 37 heavy (non-hydrogen) atoms. The molecule has 4 aromatic rings. The molecular formula is C31H34N4O2. The van der Waals surface area contributed by atoms with E-state index in [0.717, 1.165) is 42.8 Å². The van der Waals surface area contributed by atoms with E-state index < -0.39 is 0 Å². The van der Waals surface area contributed by atoms with Crippen molar-refractivity contribution in [2.75, 3.05) is 31.6 Å². The van der Waals surface area contributed by atoms with Crippen LogP contribution in [0.15, 0.2) is 66.7 Å². The Kier molecular flexibility index (Phi) is 6.66. The maximum atomic E-state index is 6.29. The molecule has 0 bridgehead atoms. The number of benzene rings is 3. The molecule has 0 N–H and O–H groups in total. The Morgan fingerprint density at radius 1 is 0.946 bits per heavy atom. The van der Waals surface area contributed by atoms with Gasteiger partial charge < -0.3 is 19.3 Å². The van der Waals surface area contributed by atoms with E-state index in [1.165, 1.54) is 28.4 Å². The van der Waals surface area contributed by atoms with Crippen LogP contribution in [-0.4, -0.2) is 47.7 Å². The number of likely N-dealkylation sites (tertiary alicyclic amines) is 1. The molecule has 0 aliphatic carbocycles. The van der Waals surface area contributed by atoms with Gasteiger partial charge in [0.1, 0.15) is 13.2 Å². The number of rotatable bonds is 7. The first-order valence-electron chi connectivity index (χ1n) is 13.3. The van der Waals surface area contributed by atoms with E-state index in [9.17, 15) is 0 Å². The van der Waals surface area contributed by atoms with Gasteiger partial charge in [0.15, 0.2) is 0 Å². The van der Waals surface area contributed by atoms with Crippen LogP contribution in [0.4, 0.5) is 5.69 Å². The Balaban J connectivity index is 1.30. The Morgan fingerprint density at radius 2 is 1.84 bits per heavy atom. The number of nitrogens with zero attached hydrogens (tertiary/aromatic N) is 4. The van der Waals surface area contributed by atoms with Gasteiger partial charge in [-0.05, 0) is 62.9 Å². The SMILES string of the molecule is Cc1ccc2cccc(N3CCc4c(nc(OCC5CCCN5C)nc4OCc4ccccc4)C3)c2c1. The van der Waals surface area contributed by atoms with Gasteiger partial charge in [0.25, 0.3) is 0 Å². The Labute approximate surface area is 218 Å². The largest absolute Gasteiger partial charge is 0.472 e. The summed E-state index contributed by atoms with van der Waals surface area (Å²) in [6, 6.07) is 24.2. The van der Waals surface area contributed by atoms with Gasteiger partial charge in [-0.1, -0.05) is 60.2 Å². The lowest BCUT2D eigenvalue weighted by molar-refractivity contribution is 0.184. The van der Waals surface area contributed by atoms with Gasteiger partial charge in [0, 0.05) is 29.2 Å². The lowest BCUT2D eigenvalue weighted by atomic mass is 10.0. The fraction of sp³-hybridized carbons (Fsp3) is 0.355. The van der Waals surface area contributed by atoms with Crippen LogP contribution in [-0.2, 0) is 19.6 Å². The van der Waals surface area contributed by atoms with Gasteiger partial charge in [0.2, 0.25) is 5.88 Å². The second kappa shape index (κ2) is 10.4. The summed E-state index contributed by atoms with van der Waals surface area (Å²) in [4.78, 5) is 14.4. The summed E-state index contributed by atoms with van der Waals surface area (Å²) in [5, 5.41) is 2.54. The quantitative estimate of drug-likeness (QED) is 0.336. The summed E-state index contributed by atoms with van der Waals surface area (Å²) in [5.41, 5.74) is 5.71. The van der Waals surface area contributed by atoms with Crippen molar-refractivity contribution in [2.45, 2.75) is 45.4 Å². The van der Waals surface area contributed by atoms with E-state index in [1.54, 1.807) is 0 Å². The van der Waals surface area contributed by atoms with Gasteiger partial charge in [-0.2, -0.15) is 9.97 Å². The summed E-state index contributed by atoms with van der Waals surface area (Å²) in [7, 11) is 2.16. The Hall–Kier alpha value is -3.64. The normalized spacial score (nSPS) is 17.7. The Morgan fingerprint density at radius 3 is 2.68 bits per heavy atom. The van der Waals surface area contributed by atoms with Gasteiger partial charge in [-0.15, -0.1) is 0 Å². The van der Waals surface area contributed by atoms with E-state index in [1.807, 2.05) is 18.2 Å². The minimum Gasteiger partial charge on any atom is -0.472 e. The lowest BCUT2D eigenvalue weighted by Crippen LogP contribution is -2.33. The van der Waals surface area contributed by atoms with Crippen molar-refractivity contribution < 1.29 is 9.47 Å². The second-order valence-electron chi connectivity index (χ2n) is 10.3. The standard InChI is InChI=1S/C31H34N4O2/c1-22-13-14-24-10-6-12-29(27(24)18-22)35-17-15-26-28(19-35)32-31(37-21-25-11-7-16-34(25)2)33-30(26)36-20-23-8-4-3-5-9-23/h3-6,8-10,12-14,18,25H,7,11,15-17,19-21H2,1-2H3. The highest BCUT2D eigenvalue weighted by molar-refractivity contribution is 5.94. The molecule has 1 unspecified atom stereocenters. The van der Waals surface area contributed by atoms with Crippen LogP contribution in [0.2, 0.25) is 0 Å². The number of hydrogen-bond acceptors (Lipinski definition) is 6. The minimum absolute atomic E-state index is 0.406. The number of ether oxygens (including phenoxy) is 2. The average Bonchev–Trinajstić information content (AvgIpc) is 3.34. The summed E-state index contributed by atoms with van der Waals surface area (Å²) >= 11 is 0. The zero-order chi connectivity index (χ0) is 25.2. The van der Waals surface area contributed by atoms with Crippen LogP contribution in [0.25, 0.3) is 10.8 Å². The van der Waals surface area contributed by atoms with E-state index >= 15 is 0 Å². The third-order valence-corrected chi connectivity index (χ3v) is 7.66. The first-order valence-corrected chi connectivity index (χ1v) is 13.3. The summed E-state index contributed by atoms with van der Waals surface area (Å²) in [6.45, 7) is 5.92. The van der Waals surface area contributed by atoms with Crippen LogP contribution in [0.3, 0.4) is 0 Å². The van der Waals surface area contributed by atoms with Crippen LogP contribution in [0.5, 0.6) is 11.9 Å². The predicted molar refractivity (Wildman–Crippen MR) is 147 cm³/mol. The summed E-state index contributed by atoms with van der Waals surface area (Å²) in [6.07, 6.45) is 3.18. The van der Waals surface area contributed by atoms with Crippen LogP contribution in [0.1, 0.15) is 35.2 Å². The first kappa shape index (κ1) is 23.7. The zero-order valence-corrected chi connectivity index (χ0v) is 21.7. The van der Waals surface area contributed by atoms with Crippen LogP contribution >= 0.6 is 0 Å². The smallest absolute Gasteiger partial charge is 0.320 e. The molecule has 6 rings (SSSR count). The highest BCUT2D eigenvalue weighted by Crippen LogP contribution is 2.34. The second-order valence-corrected chi connectivity index (χ2v) is 10.3. The molecule has 3 heterocycles. The number of fused-ring (bicyclic) bond motifs is 2. The highest BCUT2D eigenvalue weighted by Gasteiger charge is 2.26. The molecule has 1 fully saturated rings. The summed E-state index contributed by atoms with van der Waals surface area (Å²) in [5.74, 6) is 0.650. The van der Waals surface area contributed by atoms with Crippen molar-refractivity contribution in [1.82, 2.24) is 14.9 Å². The van der Waals surface area contributed by atoms with Gasteiger partial charge in [0.05, 0.1) is 12.2 Å². The third-order valence-electron chi connectivity index (χ3n) is 7.66. The molecular weight excluding hydrogens is 460 g/mol. The summed E-state index contributed by atoms with van der Waals surface area (Å²) < 4.78 is 12.5. The molecule has 6 nitrogen and oxygen atoms in total. The van der Waals surface area contributed by atoms with E-state index in [0.29, 0.717) is 37.7 Å². The molecule has 1 atom stereocenters. The predicted octanol–water partition coefficient (Wildman–Crippen LogP) is 5.55. The van der Waals surface area contributed by atoms with Crippen LogP contribution < -0.4 is 14.4 Å². The molecule has 6 heteroatoms. The van der Waals surface area contributed by atoms with Crippen molar-refractivity contribution in [3.8, 4) is 11.9 Å². The minimum atomic E-state index is 0.406. The molecule has 0 radical (unpaired) electrons. The third kappa shape index (κ3) is 5.12. The fourth-order valence-electron chi connectivity index (χ4n) is 5.50. The maximum absolute atomic E-state index is 6.29. The molecule has 1 saturated heterocycles. The molecule has 2 aliphatic rings. The van der Waals surface area contributed by atoms with Gasteiger partial charge in [-0.25, -0.2) is 0 Å². The van der Waals surface area contributed by atoms with Crippen molar-refractivity contribution >= 4 is 16.5 Å². The van der Waals surface area contributed by atoms with Crippen molar-refractivity contribution in [2.24, 2.45) is 0 Å². The average molecular weight is 495 g/mol. The molecule has 0 amide bonds. The number of anilines is 1. The molecule has 0 spiro atoms. The molecule has 2 aliphatic heterocycles. The number of likely N-dealkylation sites (N-methyl/N-ethyl adjacent to an activating group) is 1. The van der Waals surface area contributed by atoms with E-state index in [4.69, 9.17) is 19.4 Å². The first-order chi connectivity index (χ1) is 18.1. The maximum Gasteiger partial charge on any atom is 0.320 e. The Bertz CT molecular complexity index is 1390. The van der Waals surface area contributed by atoms with Crippen molar-refractivity contribution in [1.29, 1.82) is 0 Å². The fourth-order valence-corrected chi connectivity index (χ4v) is 5.50. The molecule has 190 valence electrons. The van der Waals surface area contributed by atoms with Crippen LogP contribution in [0, 0.1) is 6.92 Å². The van der Waals surface area contributed by atoms with Crippen molar-refractivity contribution in [3.05, 3.63) is 89.1 Å².